The van der Waals surface area contributed by atoms with E-state index in [4.69, 9.17) is 16.7 Å². The van der Waals surface area contributed by atoms with Gasteiger partial charge in [0.25, 0.3) is 0 Å². The third-order valence-corrected chi connectivity index (χ3v) is 3.83. The van der Waals surface area contributed by atoms with Gasteiger partial charge in [0.1, 0.15) is 5.82 Å². The zero-order chi connectivity index (χ0) is 13.8. The second kappa shape index (κ2) is 6.35. The average molecular weight is 286 g/mol. The second-order valence-corrected chi connectivity index (χ2v) is 5.26. The lowest BCUT2D eigenvalue weighted by molar-refractivity contribution is -0.138. The molecule has 19 heavy (non-hydrogen) atoms. The SMILES string of the molecule is O=C(O)CC(c1cccc(Cl)c1F)N1CCCCC1. The Bertz CT molecular complexity index is 461. The van der Waals surface area contributed by atoms with Crippen LogP contribution in [0.3, 0.4) is 0 Å². The smallest absolute Gasteiger partial charge is 0.305 e. The van der Waals surface area contributed by atoms with Gasteiger partial charge in [0.2, 0.25) is 0 Å². The highest BCUT2D eigenvalue weighted by Gasteiger charge is 2.27. The maximum absolute atomic E-state index is 14.1. The predicted octanol–water partition coefficient (Wildman–Crippen LogP) is 3.48. The Kier molecular flexibility index (Phi) is 4.77. The van der Waals surface area contributed by atoms with E-state index in [2.05, 4.69) is 0 Å². The molecule has 1 unspecified atom stereocenters. The van der Waals surface area contributed by atoms with Gasteiger partial charge in [0.05, 0.1) is 11.4 Å². The zero-order valence-corrected chi connectivity index (χ0v) is 11.4. The molecular formula is C14H17ClFNO2. The molecule has 0 spiro atoms. The molecule has 1 atom stereocenters. The van der Waals surface area contributed by atoms with Crippen molar-refractivity contribution in [3.63, 3.8) is 0 Å². The van der Waals surface area contributed by atoms with E-state index < -0.39 is 17.8 Å². The number of benzene rings is 1. The molecule has 1 aromatic rings. The number of likely N-dealkylation sites (tertiary alicyclic amines) is 1. The molecule has 1 aromatic carbocycles. The van der Waals surface area contributed by atoms with E-state index in [0.29, 0.717) is 5.56 Å². The fourth-order valence-electron chi connectivity index (χ4n) is 2.61. The largest absolute Gasteiger partial charge is 0.481 e. The summed E-state index contributed by atoms with van der Waals surface area (Å²) in [6.07, 6.45) is 3.10. The van der Waals surface area contributed by atoms with Gasteiger partial charge >= 0.3 is 5.97 Å². The maximum atomic E-state index is 14.1. The first kappa shape index (κ1) is 14.3. The van der Waals surface area contributed by atoms with E-state index in [-0.39, 0.29) is 11.4 Å². The van der Waals surface area contributed by atoms with Crippen LogP contribution in [0.25, 0.3) is 0 Å². The Morgan fingerprint density at radius 2 is 2.05 bits per heavy atom. The molecule has 104 valence electrons. The van der Waals surface area contributed by atoms with Crippen LogP contribution in [-0.4, -0.2) is 29.1 Å². The molecule has 0 bridgehead atoms. The van der Waals surface area contributed by atoms with Crippen molar-refractivity contribution in [1.29, 1.82) is 0 Å². The minimum Gasteiger partial charge on any atom is -0.481 e. The first-order valence-corrected chi connectivity index (χ1v) is 6.87. The van der Waals surface area contributed by atoms with Gasteiger partial charge in [0.15, 0.2) is 0 Å². The van der Waals surface area contributed by atoms with Gasteiger partial charge < -0.3 is 5.11 Å². The molecule has 0 amide bonds. The summed E-state index contributed by atoms with van der Waals surface area (Å²) >= 11 is 5.79. The third-order valence-electron chi connectivity index (χ3n) is 3.54. The Labute approximate surface area is 117 Å². The number of nitrogens with zero attached hydrogens (tertiary/aromatic N) is 1. The monoisotopic (exact) mass is 285 g/mol. The Morgan fingerprint density at radius 1 is 1.37 bits per heavy atom. The van der Waals surface area contributed by atoms with Crippen molar-refractivity contribution in [2.75, 3.05) is 13.1 Å². The van der Waals surface area contributed by atoms with E-state index >= 15 is 0 Å². The van der Waals surface area contributed by atoms with Gasteiger partial charge in [-0.05, 0) is 32.0 Å². The van der Waals surface area contributed by atoms with Crippen LogP contribution in [-0.2, 0) is 4.79 Å². The molecule has 0 aromatic heterocycles. The zero-order valence-electron chi connectivity index (χ0n) is 10.6. The molecule has 1 heterocycles. The quantitative estimate of drug-likeness (QED) is 0.921. The molecule has 1 aliphatic rings. The first-order valence-electron chi connectivity index (χ1n) is 6.49. The summed E-state index contributed by atoms with van der Waals surface area (Å²) in [5, 5.41) is 9.10. The van der Waals surface area contributed by atoms with Crippen LogP contribution in [0.4, 0.5) is 4.39 Å². The fourth-order valence-corrected chi connectivity index (χ4v) is 2.79. The minimum atomic E-state index is -0.921. The number of carbonyl (C=O) groups is 1. The molecule has 1 aliphatic heterocycles. The predicted molar refractivity (Wildman–Crippen MR) is 71.8 cm³/mol. The van der Waals surface area contributed by atoms with Crippen molar-refractivity contribution in [3.05, 3.63) is 34.6 Å². The number of rotatable bonds is 4. The van der Waals surface area contributed by atoms with Crippen molar-refractivity contribution in [1.82, 2.24) is 4.90 Å². The Hall–Kier alpha value is -1.13. The number of hydrogen-bond acceptors (Lipinski definition) is 2. The lowest BCUT2D eigenvalue weighted by Crippen LogP contribution is -2.35. The molecule has 5 heteroatoms. The maximum Gasteiger partial charge on any atom is 0.305 e. The average Bonchev–Trinajstić information content (AvgIpc) is 2.40. The molecule has 0 saturated carbocycles. The number of carboxylic acids is 1. The number of halogens is 2. The topological polar surface area (TPSA) is 40.5 Å². The molecule has 1 saturated heterocycles. The number of carboxylic acid groups (broad SMARTS) is 1. The lowest BCUT2D eigenvalue weighted by atomic mass is 9.98. The van der Waals surface area contributed by atoms with E-state index in [0.717, 1.165) is 32.4 Å². The van der Waals surface area contributed by atoms with Gasteiger partial charge in [-0.2, -0.15) is 0 Å². The third kappa shape index (κ3) is 3.45. The van der Waals surface area contributed by atoms with Gasteiger partial charge in [-0.15, -0.1) is 0 Å². The highest BCUT2D eigenvalue weighted by atomic mass is 35.5. The van der Waals surface area contributed by atoms with Crippen LogP contribution >= 0.6 is 11.6 Å². The van der Waals surface area contributed by atoms with Crippen LogP contribution in [0.1, 0.15) is 37.3 Å². The van der Waals surface area contributed by atoms with Crippen molar-refractivity contribution in [2.24, 2.45) is 0 Å². The molecule has 1 fully saturated rings. The van der Waals surface area contributed by atoms with Crippen LogP contribution in [0, 0.1) is 5.82 Å². The Balaban J connectivity index is 2.30. The first-order chi connectivity index (χ1) is 9.09. The molecule has 3 nitrogen and oxygen atoms in total. The van der Waals surface area contributed by atoms with Gasteiger partial charge in [-0.1, -0.05) is 30.2 Å². The summed E-state index contributed by atoms with van der Waals surface area (Å²) in [6.45, 7) is 1.62. The summed E-state index contributed by atoms with van der Waals surface area (Å²) in [5.41, 5.74) is 0.386. The van der Waals surface area contributed by atoms with Crippen LogP contribution in [0.2, 0.25) is 5.02 Å². The van der Waals surface area contributed by atoms with E-state index in [9.17, 15) is 9.18 Å². The highest BCUT2D eigenvalue weighted by molar-refractivity contribution is 6.30. The summed E-state index contributed by atoms with van der Waals surface area (Å²) in [6, 6.07) is 4.34. The molecule has 0 radical (unpaired) electrons. The van der Waals surface area contributed by atoms with Gasteiger partial charge in [-0.25, -0.2) is 4.39 Å². The lowest BCUT2D eigenvalue weighted by Gasteiger charge is -2.34. The number of piperidine rings is 1. The number of aliphatic carboxylic acids is 1. The summed E-state index contributed by atoms with van der Waals surface area (Å²) < 4.78 is 14.1. The van der Waals surface area contributed by atoms with Crippen LogP contribution in [0.5, 0.6) is 0 Å². The van der Waals surface area contributed by atoms with E-state index in [1.165, 1.54) is 6.07 Å². The summed E-state index contributed by atoms with van der Waals surface area (Å²) in [4.78, 5) is 13.1. The normalized spacial score (nSPS) is 18.2. The molecule has 2 rings (SSSR count). The molecule has 0 aliphatic carbocycles. The standard InChI is InChI=1S/C14H17ClFNO2/c15-11-6-4-5-10(14(11)16)12(9-13(18)19)17-7-2-1-3-8-17/h4-6,12H,1-3,7-9H2,(H,18,19). The van der Waals surface area contributed by atoms with Crippen molar-refractivity contribution >= 4 is 17.6 Å². The molecular weight excluding hydrogens is 269 g/mol. The van der Waals surface area contributed by atoms with E-state index in [1.807, 2.05) is 4.90 Å². The fraction of sp³-hybridized carbons (Fsp3) is 0.500. The van der Waals surface area contributed by atoms with Gasteiger partial charge in [0, 0.05) is 11.6 Å². The Morgan fingerprint density at radius 3 is 2.68 bits per heavy atom. The van der Waals surface area contributed by atoms with Crippen molar-refractivity contribution < 1.29 is 14.3 Å². The van der Waals surface area contributed by atoms with Crippen molar-refractivity contribution in [3.8, 4) is 0 Å². The van der Waals surface area contributed by atoms with Crippen LogP contribution in [0.15, 0.2) is 18.2 Å². The second-order valence-electron chi connectivity index (χ2n) is 4.85. The summed E-state index contributed by atoms with van der Waals surface area (Å²) in [7, 11) is 0. The van der Waals surface area contributed by atoms with Gasteiger partial charge in [-0.3, -0.25) is 9.69 Å². The van der Waals surface area contributed by atoms with Crippen molar-refractivity contribution in [2.45, 2.75) is 31.7 Å². The summed E-state index contributed by atoms with van der Waals surface area (Å²) in [5.74, 6) is -1.42. The highest BCUT2D eigenvalue weighted by Crippen LogP contribution is 2.31. The molecule has 1 N–H and O–H groups in total. The minimum absolute atomic E-state index is 0.0462. The van der Waals surface area contributed by atoms with Crippen LogP contribution < -0.4 is 0 Å². The number of hydrogen-bond donors (Lipinski definition) is 1. The van der Waals surface area contributed by atoms with E-state index in [1.54, 1.807) is 12.1 Å².